The lowest BCUT2D eigenvalue weighted by atomic mass is 10.4. The first-order valence-electron chi connectivity index (χ1n) is 3.57. The molecular weight excluding hydrogens is 174 g/mol. The maximum Gasteiger partial charge on any atom is 0.239 e. The molecule has 0 fully saturated rings. The van der Waals surface area contributed by atoms with Crippen molar-refractivity contribution in [3.63, 3.8) is 0 Å². The van der Waals surface area contributed by atoms with Crippen LogP contribution in [0, 0.1) is 13.8 Å². The molecule has 4 nitrogen and oxygen atoms in total. The number of hydrogen-bond donors (Lipinski definition) is 2. The third kappa shape index (κ3) is 2.02. The van der Waals surface area contributed by atoms with Crippen molar-refractivity contribution in [2.24, 2.45) is 5.73 Å². The smallest absolute Gasteiger partial charge is 0.239 e. The molecule has 1 aromatic heterocycles. The molecule has 0 aliphatic heterocycles. The summed E-state index contributed by atoms with van der Waals surface area (Å²) >= 11 is 1.46. The van der Waals surface area contributed by atoms with Crippen molar-refractivity contribution >= 4 is 22.4 Å². The predicted octanol–water partition coefficient (Wildman–Crippen LogP) is 0.657. The van der Waals surface area contributed by atoms with E-state index in [0.29, 0.717) is 5.13 Å². The Hall–Kier alpha value is -0.940. The molecule has 0 aliphatic rings. The zero-order valence-corrected chi connectivity index (χ0v) is 7.86. The van der Waals surface area contributed by atoms with Crippen LogP contribution in [0.5, 0.6) is 0 Å². The van der Waals surface area contributed by atoms with E-state index < -0.39 is 0 Å². The summed E-state index contributed by atoms with van der Waals surface area (Å²) in [7, 11) is 0. The molecule has 0 aliphatic carbocycles. The number of rotatable bonds is 2. The predicted molar refractivity (Wildman–Crippen MR) is 49.3 cm³/mol. The van der Waals surface area contributed by atoms with Crippen LogP contribution in [-0.4, -0.2) is 17.4 Å². The van der Waals surface area contributed by atoms with Gasteiger partial charge in [-0.1, -0.05) is 0 Å². The first-order chi connectivity index (χ1) is 5.63. The lowest BCUT2D eigenvalue weighted by Gasteiger charge is -1.95. The molecule has 5 heteroatoms. The molecule has 0 spiro atoms. The second kappa shape index (κ2) is 3.64. The van der Waals surface area contributed by atoms with Crippen LogP contribution in [0.25, 0.3) is 0 Å². The van der Waals surface area contributed by atoms with Crippen LogP contribution in [0.15, 0.2) is 0 Å². The topological polar surface area (TPSA) is 68.0 Å². The maximum absolute atomic E-state index is 10.8. The van der Waals surface area contributed by atoms with E-state index in [4.69, 9.17) is 5.73 Å². The van der Waals surface area contributed by atoms with E-state index in [0.717, 1.165) is 10.6 Å². The van der Waals surface area contributed by atoms with Gasteiger partial charge in [-0.3, -0.25) is 4.79 Å². The molecule has 0 saturated heterocycles. The number of hydrogen-bond acceptors (Lipinski definition) is 4. The molecule has 1 rings (SSSR count). The normalized spacial score (nSPS) is 9.92. The van der Waals surface area contributed by atoms with Crippen molar-refractivity contribution in [1.29, 1.82) is 0 Å². The second-order valence-electron chi connectivity index (χ2n) is 2.41. The van der Waals surface area contributed by atoms with Gasteiger partial charge in [0, 0.05) is 4.88 Å². The van der Waals surface area contributed by atoms with Gasteiger partial charge in [0.2, 0.25) is 5.91 Å². The molecule has 1 heterocycles. The molecule has 1 aromatic rings. The average Bonchev–Trinajstić information content (AvgIpc) is 2.31. The highest BCUT2D eigenvalue weighted by molar-refractivity contribution is 7.15. The molecule has 0 radical (unpaired) electrons. The number of nitrogens with one attached hydrogen (secondary N) is 1. The molecule has 0 saturated carbocycles. The first-order valence-corrected chi connectivity index (χ1v) is 4.39. The van der Waals surface area contributed by atoms with Gasteiger partial charge in [-0.2, -0.15) is 0 Å². The van der Waals surface area contributed by atoms with Gasteiger partial charge in [-0.05, 0) is 13.8 Å². The SMILES string of the molecule is Cc1nc(NC(=O)CN)sc1C. The van der Waals surface area contributed by atoms with E-state index in [1.54, 1.807) is 0 Å². The van der Waals surface area contributed by atoms with Crippen LogP contribution in [-0.2, 0) is 4.79 Å². The Morgan fingerprint density at radius 1 is 1.67 bits per heavy atom. The number of amides is 1. The molecular formula is C7H11N3OS. The minimum Gasteiger partial charge on any atom is -0.322 e. The summed E-state index contributed by atoms with van der Waals surface area (Å²) in [5.74, 6) is -0.205. The fourth-order valence-electron chi connectivity index (χ4n) is 0.696. The maximum atomic E-state index is 10.8. The van der Waals surface area contributed by atoms with Crippen molar-refractivity contribution in [3.8, 4) is 0 Å². The molecule has 0 atom stereocenters. The number of thiazole rings is 1. The van der Waals surface area contributed by atoms with E-state index in [9.17, 15) is 4.79 Å². The third-order valence-corrected chi connectivity index (χ3v) is 2.45. The first kappa shape index (κ1) is 9.15. The van der Waals surface area contributed by atoms with E-state index in [-0.39, 0.29) is 12.5 Å². The highest BCUT2D eigenvalue weighted by atomic mass is 32.1. The Bertz CT molecular complexity index is 275. The van der Waals surface area contributed by atoms with E-state index in [2.05, 4.69) is 10.3 Å². The number of carbonyl (C=O) groups excluding carboxylic acids is 1. The summed E-state index contributed by atoms with van der Waals surface area (Å²) in [5, 5.41) is 3.22. The highest BCUT2D eigenvalue weighted by Crippen LogP contribution is 2.20. The molecule has 0 aromatic carbocycles. The fraction of sp³-hybridized carbons (Fsp3) is 0.429. The monoisotopic (exact) mass is 185 g/mol. The van der Waals surface area contributed by atoms with Crippen molar-refractivity contribution in [1.82, 2.24) is 4.98 Å². The van der Waals surface area contributed by atoms with E-state index >= 15 is 0 Å². The van der Waals surface area contributed by atoms with E-state index in [1.165, 1.54) is 11.3 Å². The zero-order chi connectivity index (χ0) is 9.14. The Labute approximate surface area is 74.8 Å². The van der Waals surface area contributed by atoms with Gasteiger partial charge in [0.25, 0.3) is 0 Å². The van der Waals surface area contributed by atoms with Gasteiger partial charge >= 0.3 is 0 Å². The summed E-state index contributed by atoms with van der Waals surface area (Å²) < 4.78 is 0. The minimum atomic E-state index is -0.205. The molecule has 1 amide bonds. The van der Waals surface area contributed by atoms with Gasteiger partial charge in [0.15, 0.2) is 5.13 Å². The second-order valence-corrected chi connectivity index (χ2v) is 3.62. The summed E-state index contributed by atoms with van der Waals surface area (Å²) in [6.45, 7) is 3.87. The summed E-state index contributed by atoms with van der Waals surface area (Å²) in [4.78, 5) is 16.1. The summed E-state index contributed by atoms with van der Waals surface area (Å²) in [6.07, 6.45) is 0. The largest absolute Gasteiger partial charge is 0.322 e. The lowest BCUT2D eigenvalue weighted by molar-refractivity contribution is -0.114. The van der Waals surface area contributed by atoms with Crippen LogP contribution < -0.4 is 11.1 Å². The average molecular weight is 185 g/mol. The van der Waals surface area contributed by atoms with Gasteiger partial charge in [0.1, 0.15) is 0 Å². The minimum absolute atomic E-state index is 0.00231. The van der Waals surface area contributed by atoms with Crippen molar-refractivity contribution in [2.45, 2.75) is 13.8 Å². The Morgan fingerprint density at radius 2 is 2.33 bits per heavy atom. The van der Waals surface area contributed by atoms with Crippen LogP contribution in [0.2, 0.25) is 0 Å². The van der Waals surface area contributed by atoms with Crippen LogP contribution in [0.4, 0.5) is 5.13 Å². The van der Waals surface area contributed by atoms with Gasteiger partial charge in [-0.15, -0.1) is 11.3 Å². The van der Waals surface area contributed by atoms with Gasteiger partial charge in [0.05, 0.1) is 12.2 Å². The number of anilines is 1. The Balaban J connectivity index is 2.70. The molecule has 0 bridgehead atoms. The van der Waals surface area contributed by atoms with Crippen LogP contribution >= 0.6 is 11.3 Å². The lowest BCUT2D eigenvalue weighted by Crippen LogP contribution is -2.21. The standard InChI is InChI=1S/C7H11N3OS/c1-4-5(2)12-7(9-4)10-6(11)3-8/h3,8H2,1-2H3,(H,9,10,11). The molecule has 3 N–H and O–H groups in total. The highest BCUT2D eigenvalue weighted by Gasteiger charge is 2.05. The number of carbonyl (C=O) groups is 1. The Kier molecular flexibility index (Phi) is 2.78. The Morgan fingerprint density at radius 3 is 2.75 bits per heavy atom. The zero-order valence-electron chi connectivity index (χ0n) is 7.05. The van der Waals surface area contributed by atoms with E-state index in [1.807, 2.05) is 13.8 Å². The number of aryl methyl sites for hydroxylation is 2. The number of nitrogens with two attached hydrogens (primary N) is 1. The van der Waals surface area contributed by atoms with Crippen molar-refractivity contribution < 1.29 is 4.79 Å². The van der Waals surface area contributed by atoms with Gasteiger partial charge in [-0.25, -0.2) is 4.98 Å². The molecule has 12 heavy (non-hydrogen) atoms. The van der Waals surface area contributed by atoms with Crippen molar-refractivity contribution in [3.05, 3.63) is 10.6 Å². The molecule has 66 valence electrons. The fourth-order valence-corrected chi connectivity index (χ4v) is 1.53. The molecule has 0 unspecified atom stereocenters. The van der Waals surface area contributed by atoms with Gasteiger partial charge < -0.3 is 11.1 Å². The van der Waals surface area contributed by atoms with Crippen LogP contribution in [0.3, 0.4) is 0 Å². The summed E-state index contributed by atoms with van der Waals surface area (Å²) in [5.41, 5.74) is 6.08. The summed E-state index contributed by atoms with van der Waals surface area (Å²) in [6, 6.07) is 0. The number of nitrogens with zero attached hydrogens (tertiary/aromatic N) is 1. The number of aromatic nitrogens is 1. The van der Waals surface area contributed by atoms with Crippen molar-refractivity contribution in [2.75, 3.05) is 11.9 Å². The van der Waals surface area contributed by atoms with Crippen LogP contribution in [0.1, 0.15) is 10.6 Å². The quantitative estimate of drug-likeness (QED) is 0.711. The third-order valence-electron chi connectivity index (χ3n) is 1.46.